The molecule has 0 aliphatic carbocycles. The molecule has 0 saturated carbocycles. The van der Waals surface area contributed by atoms with Crippen LogP contribution in [0.15, 0.2) is 72.9 Å². The van der Waals surface area contributed by atoms with Crippen LogP contribution in [0, 0.1) is 13.8 Å². The lowest BCUT2D eigenvalue weighted by atomic mass is 10.0. The first kappa shape index (κ1) is 30.9. The van der Waals surface area contributed by atoms with Crippen molar-refractivity contribution >= 4 is 52.4 Å². The molecule has 5 rings (SSSR count). The quantitative estimate of drug-likeness (QED) is 0.157. The maximum Gasteiger partial charge on any atom is 0.304 e. The highest BCUT2D eigenvalue weighted by molar-refractivity contribution is 7.98. The smallest absolute Gasteiger partial charge is 0.304 e. The molecule has 0 bridgehead atoms. The van der Waals surface area contributed by atoms with E-state index in [9.17, 15) is 14.4 Å². The van der Waals surface area contributed by atoms with Gasteiger partial charge < -0.3 is 15.3 Å². The maximum absolute atomic E-state index is 14.5. The normalized spacial score (nSPS) is 13.0. The molecule has 1 fully saturated rings. The summed E-state index contributed by atoms with van der Waals surface area (Å²) in [5.41, 5.74) is 5.96. The van der Waals surface area contributed by atoms with E-state index in [1.54, 1.807) is 29.3 Å². The van der Waals surface area contributed by atoms with Gasteiger partial charge in [0.15, 0.2) is 0 Å². The van der Waals surface area contributed by atoms with Gasteiger partial charge in [-0.3, -0.25) is 24.4 Å². The number of hydrogen-bond acceptors (Lipinski definition) is 6. The van der Waals surface area contributed by atoms with Gasteiger partial charge in [0.25, 0.3) is 11.8 Å². The van der Waals surface area contributed by atoms with Gasteiger partial charge in [-0.05, 0) is 92.3 Å². The Morgan fingerprint density at radius 3 is 2.52 bits per heavy atom. The molecule has 2 heterocycles. The minimum atomic E-state index is -0.828. The van der Waals surface area contributed by atoms with Gasteiger partial charge >= 0.3 is 5.97 Å². The molecule has 1 aromatic heterocycles. The number of nitrogens with zero attached hydrogens (tertiary/aromatic N) is 3. The fourth-order valence-electron chi connectivity index (χ4n) is 5.24. The number of carbonyl (C=O) groups excluding carboxylic acids is 2. The molecule has 4 aromatic rings. The van der Waals surface area contributed by atoms with Gasteiger partial charge in [-0.2, -0.15) is 16.9 Å². The lowest BCUT2D eigenvalue weighted by Gasteiger charge is -2.30. The summed E-state index contributed by atoms with van der Waals surface area (Å²) in [4.78, 5) is 42.8. The number of benzene rings is 3. The minimum Gasteiger partial charge on any atom is -0.481 e. The number of carboxylic acids is 1. The number of anilines is 4. The first-order valence-electron chi connectivity index (χ1n) is 14.8. The number of aryl methyl sites for hydroxylation is 2. The van der Waals surface area contributed by atoms with Crippen LogP contribution < -0.4 is 15.1 Å². The van der Waals surface area contributed by atoms with Crippen LogP contribution in [0.1, 0.15) is 63.1 Å². The molecule has 1 aliphatic rings. The average Bonchev–Trinajstić information content (AvgIpc) is 3.56. The van der Waals surface area contributed by atoms with Crippen molar-refractivity contribution in [3.63, 3.8) is 0 Å². The maximum atomic E-state index is 14.5. The van der Waals surface area contributed by atoms with Gasteiger partial charge in [0.2, 0.25) is 0 Å². The molecule has 3 aromatic carbocycles. The second-order valence-electron chi connectivity index (χ2n) is 11.0. The van der Waals surface area contributed by atoms with Gasteiger partial charge in [0, 0.05) is 41.9 Å². The molecule has 228 valence electrons. The summed E-state index contributed by atoms with van der Waals surface area (Å²) < 4.78 is 0. The number of aromatic amines is 1. The van der Waals surface area contributed by atoms with E-state index in [1.807, 2.05) is 62.4 Å². The van der Waals surface area contributed by atoms with E-state index >= 15 is 0 Å². The Kier molecular flexibility index (Phi) is 10.0. The van der Waals surface area contributed by atoms with Crippen LogP contribution in [0.3, 0.4) is 0 Å². The standard InChI is InChI=1S/C34H37N5O4S/c1-23-9-10-28(19-24(23)2)39(31-13-15-35-37-31)34(43)29-21-27(38-16-4-3-5-17-38)11-12-30(29)36-33(42)26-8-6-7-25(20-26)22-44-18-14-32(40)41/h6-13,15,19-21H,3-5,14,16-18,22H2,1-2H3,(H,35,37)(H,36,42)(H,40,41). The highest BCUT2D eigenvalue weighted by Crippen LogP contribution is 2.33. The van der Waals surface area contributed by atoms with Gasteiger partial charge in [0.05, 0.1) is 29.6 Å². The first-order chi connectivity index (χ1) is 21.3. The van der Waals surface area contributed by atoms with E-state index in [4.69, 9.17) is 5.11 Å². The molecule has 0 atom stereocenters. The highest BCUT2D eigenvalue weighted by atomic mass is 32.2. The zero-order valence-corrected chi connectivity index (χ0v) is 25.8. The topological polar surface area (TPSA) is 119 Å². The zero-order chi connectivity index (χ0) is 31.1. The second kappa shape index (κ2) is 14.3. The van der Waals surface area contributed by atoms with Gasteiger partial charge in [-0.1, -0.05) is 18.2 Å². The van der Waals surface area contributed by atoms with Crippen LogP contribution in [0.2, 0.25) is 0 Å². The molecule has 0 radical (unpaired) electrons. The molecule has 1 aliphatic heterocycles. The molecule has 9 nitrogen and oxygen atoms in total. The zero-order valence-electron chi connectivity index (χ0n) is 25.0. The molecule has 0 unspecified atom stereocenters. The third kappa shape index (κ3) is 7.49. The number of H-pyrrole nitrogens is 1. The molecule has 1 saturated heterocycles. The Bertz CT molecular complexity index is 1630. The van der Waals surface area contributed by atoms with Gasteiger partial charge in [0.1, 0.15) is 5.82 Å². The summed E-state index contributed by atoms with van der Waals surface area (Å²) in [7, 11) is 0. The van der Waals surface area contributed by atoms with E-state index in [0.29, 0.717) is 39.8 Å². The lowest BCUT2D eigenvalue weighted by Crippen LogP contribution is -2.31. The number of carboxylic acid groups (broad SMARTS) is 1. The summed E-state index contributed by atoms with van der Waals surface area (Å²) in [5, 5.41) is 18.9. The number of hydrogen-bond donors (Lipinski definition) is 3. The first-order valence-corrected chi connectivity index (χ1v) is 16.0. The highest BCUT2D eigenvalue weighted by Gasteiger charge is 2.26. The molecule has 0 spiro atoms. The third-order valence-corrected chi connectivity index (χ3v) is 8.83. The number of amides is 2. The third-order valence-electron chi connectivity index (χ3n) is 7.80. The van der Waals surface area contributed by atoms with Crippen molar-refractivity contribution in [2.45, 2.75) is 45.3 Å². The fourth-order valence-corrected chi connectivity index (χ4v) is 6.12. The predicted octanol–water partition coefficient (Wildman–Crippen LogP) is 6.96. The van der Waals surface area contributed by atoms with Crippen LogP contribution in [0.25, 0.3) is 0 Å². The van der Waals surface area contributed by atoms with Gasteiger partial charge in [-0.15, -0.1) is 0 Å². The van der Waals surface area contributed by atoms with Crippen molar-refractivity contribution < 1.29 is 19.5 Å². The lowest BCUT2D eigenvalue weighted by molar-refractivity contribution is -0.136. The van der Waals surface area contributed by atoms with Crippen molar-refractivity contribution in [1.82, 2.24) is 10.2 Å². The number of carbonyl (C=O) groups is 3. The molecule has 3 N–H and O–H groups in total. The molecular weight excluding hydrogens is 574 g/mol. The minimum absolute atomic E-state index is 0.0901. The number of thioether (sulfide) groups is 1. The monoisotopic (exact) mass is 611 g/mol. The van der Waals surface area contributed by atoms with E-state index < -0.39 is 5.97 Å². The number of nitrogens with one attached hydrogen (secondary N) is 2. The fraction of sp³-hybridized carbons (Fsp3) is 0.294. The number of rotatable bonds is 11. The van der Waals surface area contributed by atoms with Crippen molar-refractivity contribution in [3.8, 4) is 0 Å². The molecule has 44 heavy (non-hydrogen) atoms. The van der Waals surface area contributed by atoms with Crippen LogP contribution in [-0.2, 0) is 10.5 Å². The second-order valence-corrected chi connectivity index (χ2v) is 12.1. The summed E-state index contributed by atoms with van der Waals surface area (Å²) in [5.74, 6) is 0.153. The predicted molar refractivity (Wildman–Crippen MR) is 176 cm³/mol. The number of aromatic nitrogens is 2. The van der Waals surface area contributed by atoms with Crippen LogP contribution >= 0.6 is 11.8 Å². The Balaban J connectivity index is 1.48. The van der Waals surface area contributed by atoms with Crippen LogP contribution in [-0.4, -0.2) is 51.9 Å². The van der Waals surface area contributed by atoms with E-state index in [-0.39, 0.29) is 18.2 Å². The summed E-state index contributed by atoms with van der Waals surface area (Å²) in [6.07, 6.45) is 5.07. The number of piperidine rings is 1. The number of aliphatic carboxylic acids is 1. The Morgan fingerprint density at radius 1 is 0.977 bits per heavy atom. The Morgan fingerprint density at radius 2 is 1.80 bits per heavy atom. The Hall–Kier alpha value is -4.57. The van der Waals surface area contributed by atoms with E-state index in [2.05, 4.69) is 20.4 Å². The average molecular weight is 612 g/mol. The van der Waals surface area contributed by atoms with E-state index in [0.717, 1.165) is 48.3 Å². The summed E-state index contributed by atoms with van der Waals surface area (Å²) in [6.45, 7) is 5.87. The van der Waals surface area contributed by atoms with Crippen molar-refractivity contribution in [3.05, 3.63) is 101 Å². The summed E-state index contributed by atoms with van der Waals surface area (Å²) in [6, 6.07) is 20.5. The molecular formula is C34H37N5O4S. The molecule has 10 heteroatoms. The SMILES string of the molecule is Cc1ccc(N(C(=O)c2cc(N3CCCCC3)ccc2NC(=O)c2cccc(CSCCC(=O)O)c2)c2ccn[nH]2)cc1C. The Labute approximate surface area is 261 Å². The van der Waals surface area contributed by atoms with E-state index in [1.165, 1.54) is 18.2 Å². The van der Waals surface area contributed by atoms with Crippen molar-refractivity contribution in [1.29, 1.82) is 0 Å². The van der Waals surface area contributed by atoms with Crippen LogP contribution in [0.4, 0.5) is 22.9 Å². The van der Waals surface area contributed by atoms with Crippen LogP contribution in [0.5, 0.6) is 0 Å². The molecule has 2 amide bonds. The van der Waals surface area contributed by atoms with Crippen molar-refractivity contribution in [2.24, 2.45) is 0 Å². The summed E-state index contributed by atoms with van der Waals surface area (Å²) >= 11 is 1.51. The van der Waals surface area contributed by atoms with Gasteiger partial charge in [-0.25, -0.2) is 0 Å². The largest absolute Gasteiger partial charge is 0.481 e. The van der Waals surface area contributed by atoms with Crippen molar-refractivity contribution in [2.75, 3.05) is 34.0 Å².